The molecule has 3 heterocycles. The predicted octanol–water partition coefficient (Wildman–Crippen LogP) is 6.87. The summed E-state index contributed by atoms with van der Waals surface area (Å²) in [5.41, 5.74) is 4.40. The van der Waals surface area contributed by atoms with Gasteiger partial charge in [-0.2, -0.15) is 8.42 Å². The predicted molar refractivity (Wildman–Crippen MR) is 262 cm³/mol. The van der Waals surface area contributed by atoms with Crippen LogP contribution in [-0.2, 0) is 67.9 Å². The minimum atomic E-state index is -3.87. The number of rotatable bonds is 15. The highest BCUT2D eigenvalue weighted by atomic mass is 32.2. The lowest BCUT2D eigenvalue weighted by atomic mass is 9.95. The minimum Gasteiger partial charge on any atom is -0.326 e. The normalized spacial score (nSPS) is 13.7. The van der Waals surface area contributed by atoms with Crippen LogP contribution in [0.1, 0.15) is 73.5 Å². The van der Waals surface area contributed by atoms with Gasteiger partial charge >= 0.3 is 0 Å². The third-order valence-corrected chi connectivity index (χ3v) is 13.9. The first kappa shape index (κ1) is 50.5. The Labute approximate surface area is 392 Å². The molecule has 2 aromatic heterocycles. The largest absolute Gasteiger partial charge is 0.326 e. The number of nitrogens with zero attached hydrogens (tertiary/aromatic N) is 5. The van der Waals surface area contributed by atoms with E-state index in [-0.39, 0.29) is 45.6 Å². The van der Waals surface area contributed by atoms with Gasteiger partial charge < -0.3 is 24.7 Å². The second-order valence-electron chi connectivity index (χ2n) is 18.4. The van der Waals surface area contributed by atoms with Gasteiger partial charge in [0.15, 0.2) is 0 Å². The first-order valence-electron chi connectivity index (χ1n) is 21.6. The van der Waals surface area contributed by atoms with E-state index in [0.29, 0.717) is 34.1 Å². The number of benzene rings is 4. The maximum Gasteiger partial charge on any atom is 0.264 e. The maximum absolute atomic E-state index is 12.9. The van der Waals surface area contributed by atoms with Gasteiger partial charge in [-0.1, -0.05) is 41.5 Å². The van der Waals surface area contributed by atoms with Crippen LogP contribution in [0.2, 0.25) is 0 Å². The molecule has 1 aliphatic heterocycles. The first-order valence-corrected chi connectivity index (χ1v) is 26.4. The van der Waals surface area contributed by atoms with Crippen molar-refractivity contribution < 1.29 is 39.0 Å². The lowest BCUT2D eigenvalue weighted by Gasteiger charge is -2.31. The molecule has 1 saturated heterocycles. The second-order valence-corrected chi connectivity index (χ2v) is 23.4. The molecule has 4 N–H and O–H groups in total. The lowest BCUT2D eigenvalue weighted by Crippen LogP contribution is -2.39. The third-order valence-electron chi connectivity index (χ3n) is 10.5. The molecule has 21 heteroatoms. The van der Waals surface area contributed by atoms with Gasteiger partial charge in [-0.15, -0.1) is 0 Å². The number of likely N-dealkylation sites (tertiary alicyclic amines) is 1. The number of sulfonamides is 2. The minimum absolute atomic E-state index is 0.0422. The van der Waals surface area contributed by atoms with Crippen molar-refractivity contribution in [3.05, 3.63) is 96.6 Å². The molecular weight excluding hydrogens is 919 g/mol. The summed E-state index contributed by atoms with van der Waals surface area (Å²) in [4.78, 5) is 34.5. The average Bonchev–Trinajstić information content (AvgIpc) is 3.75. The summed E-state index contributed by atoms with van der Waals surface area (Å²) in [6.07, 6.45) is 2.26. The van der Waals surface area contributed by atoms with Crippen LogP contribution < -0.4 is 20.1 Å². The molecule has 7 rings (SSSR count). The molecule has 0 unspecified atom stereocenters. The van der Waals surface area contributed by atoms with Crippen LogP contribution in [0.4, 0.5) is 22.7 Å². The number of fused-ring (bicyclic) bond motifs is 2. The van der Waals surface area contributed by atoms with Crippen LogP contribution in [0.15, 0.2) is 94.7 Å². The average molecular weight is 978 g/mol. The number of nitrogens with one attached hydrogen (secondary N) is 4. The van der Waals surface area contributed by atoms with E-state index in [0.717, 1.165) is 54.8 Å². The van der Waals surface area contributed by atoms with Crippen LogP contribution in [0.5, 0.6) is 0 Å². The number of hydrogen-bond donors (Lipinski definition) is 4. The van der Waals surface area contributed by atoms with Crippen molar-refractivity contribution in [3.63, 3.8) is 0 Å². The van der Waals surface area contributed by atoms with Crippen molar-refractivity contribution in [2.24, 2.45) is 0 Å². The summed E-state index contributed by atoms with van der Waals surface area (Å²) in [5, 5.41) is 5.22. The SMILES string of the molecule is CC(=O)Nc1ccc(S(=O)(=O)Nc2ccc3c(c2)nc(C(C)(C)C)n3CCN2CCC2)cc1.CC(=O)Nc1ccc(S(=O)(=O)Nc2ccc3c(c2)nc(C(C)(C)C)n3CCOS(C)(=O)=O)cc1. The smallest absolute Gasteiger partial charge is 0.264 e. The van der Waals surface area contributed by atoms with Crippen molar-refractivity contribution in [2.75, 3.05) is 52.6 Å². The zero-order chi connectivity index (χ0) is 49.1. The molecule has 1 fully saturated rings. The molecule has 0 radical (unpaired) electrons. The number of carbonyl (C=O) groups is 2. The van der Waals surface area contributed by atoms with Crippen LogP contribution in [0, 0.1) is 0 Å². The molecule has 0 aliphatic carbocycles. The van der Waals surface area contributed by atoms with Crippen LogP contribution in [0.3, 0.4) is 0 Å². The molecule has 4 aromatic carbocycles. The fourth-order valence-electron chi connectivity index (χ4n) is 7.38. The molecule has 0 saturated carbocycles. The standard InChI is InChI=1S/C24H31N5O3S.C22H28N4O6S2/c1-17(30)25-18-6-9-20(10-7-18)33(31,32)27-19-8-11-22-21(16-19)26-23(24(2,3)4)29(22)15-14-28-12-5-13-28;1-15(27)23-16-6-9-18(10-7-16)34(30,31)25-17-8-11-20-19(14-17)24-21(22(2,3)4)26(20)12-13-32-33(5,28)29/h6-11,16,27H,5,12-15H2,1-4H3,(H,25,30);6-11,14,25H,12-13H2,1-5H3,(H,23,27). The summed E-state index contributed by atoms with van der Waals surface area (Å²) in [6.45, 7) is 19.5. The Balaban J connectivity index is 0.000000221. The second kappa shape index (κ2) is 19.8. The van der Waals surface area contributed by atoms with Gasteiger partial charge in [0.25, 0.3) is 30.2 Å². The van der Waals surface area contributed by atoms with Crippen molar-refractivity contribution in [1.82, 2.24) is 24.0 Å². The van der Waals surface area contributed by atoms with Crippen LogP contribution in [0.25, 0.3) is 22.1 Å². The third kappa shape index (κ3) is 13.2. The van der Waals surface area contributed by atoms with Crippen LogP contribution in [-0.4, -0.2) is 93.6 Å². The Morgan fingerprint density at radius 3 is 1.31 bits per heavy atom. The van der Waals surface area contributed by atoms with Gasteiger partial charge in [-0.25, -0.2) is 26.8 Å². The topological polar surface area (TPSA) is 233 Å². The number of amides is 2. The molecule has 1 aliphatic rings. The molecule has 6 aromatic rings. The molecular formula is C46H59N9O9S3. The molecule has 0 bridgehead atoms. The van der Waals surface area contributed by atoms with Crippen molar-refractivity contribution in [2.45, 2.75) is 95.5 Å². The monoisotopic (exact) mass is 977 g/mol. The van der Waals surface area contributed by atoms with Gasteiger partial charge in [0.05, 0.1) is 56.1 Å². The molecule has 18 nitrogen and oxygen atoms in total. The summed E-state index contributed by atoms with van der Waals surface area (Å²) in [5.74, 6) is 1.25. The van der Waals surface area contributed by atoms with E-state index < -0.39 is 30.2 Å². The first-order chi connectivity index (χ1) is 31.2. The van der Waals surface area contributed by atoms with Gasteiger partial charge in [-0.05, 0) is 104 Å². The Bertz CT molecular complexity index is 3110. The van der Waals surface area contributed by atoms with Gasteiger partial charge in [0.1, 0.15) is 11.6 Å². The van der Waals surface area contributed by atoms with E-state index in [1.54, 1.807) is 42.5 Å². The lowest BCUT2D eigenvalue weighted by molar-refractivity contribution is -0.115. The molecule has 67 heavy (non-hydrogen) atoms. The maximum atomic E-state index is 12.9. The highest BCUT2D eigenvalue weighted by Gasteiger charge is 2.26. The Morgan fingerprint density at radius 1 is 0.582 bits per heavy atom. The highest BCUT2D eigenvalue weighted by molar-refractivity contribution is 7.93. The quantitative estimate of drug-likeness (QED) is 0.0773. The summed E-state index contributed by atoms with van der Waals surface area (Å²) < 4.78 is 88.4. The fraction of sp³-hybridized carbons (Fsp3) is 0.391. The molecule has 2 amide bonds. The Hall–Kier alpha value is -5.87. The number of imidazole rings is 2. The van der Waals surface area contributed by atoms with Crippen molar-refractivity contribution in [1.29, 1.82) is 0 Å². The summed E-state index contributed by atoms with van der Waals surface area (Å²) >= 11 is 0. The van der Waals surface area contributed by atoms with Crippen LogP contribution >= 0.6 is 0 Å². The van der Waals surface area contributed by atoms with Crippen molar-refractivity contribution >= 4 is 86.8 Å². The Morgan fingerprint density at radius 2 is 0.970 bits per heavy atom. The Kier molecular flexibility index (Phi) is 14.9. The van der Waals surface area contributed by atoms with Crippen molar-refractivity contribution in [3.8, 4) is 0 Å². The van der Waals surface area contributed by atoms with E-state index in [1.165, 1.54) is 56.7 Å². The number of anilines is 4. The number of hydrogen-bond acceptors (Lipinski definition) is 12. The summed E-state index contributed by atoms with van der Waals surface area (Å²) in [7, 11) is -11.2. The number of carbonyl (C=O) groups excluding carboxylic acids is 2. The molecule has 0 spiro atoms. The van der Waals surface area contributed by atoms with Gasteiger partial charge in [0, 0.05) is 55.7 Å². The van der Waals surface area contributed by atoms with E-state index in [9.17, 15) is 34.8 Å². The molecule has 360 valence electrons. The fourth-order valence-corrected chi connectivity index (χ4v) is 9.86. The van der Waals surface area contributed by atoms with E-state index in [4.69, 9.17) is 9.17 Å². The van der Waals surface area contributed by atoms with E-state index in [1.807, 2.05) is 31.4 Å². The van der Waals surface area contributed by atoms with Gasteiger partial charge in [-0.3, -0.25) is 23.2 Å². The summed E-state index contributed by atoms with van der Waals surface area (Å²) in [6, 6.07) is 22.4. The zero-order valence-electron chi connectivity index (χ0n) is 39.2. The van der Waals surface area contributed by atoms with E-state index >= 15 is 0 Å². The van der Waals surface area contributed by atoms with E-state index in [2.05, 4.69) is 55.3 Å². The highest BCUT2D eigenvalue weighted by Crippen LogP contribution is 2.31. The number of aromatic nitrogens is 4. The molecule has 0 atom stereocenters. The van der Waals surface area contributed by atoms with Gasteiger partial charge in [0.2, 0.25) is 11.8 Å². The zero-order valence-corrected chi connectivity index (χ0v) is 41.6.